The Labute approximate surface area is 93.2 Å². The highest BCUT2D eigenvalue weighted by molar-refractivity contribution is 7.91. The highest BCUT2D eigenvalue weighted by atomic mass is 32.2. The van der Waals surface area contributed by atoms with Crippen molar-refractivity contribution in [2.24, 2.45) is 4.40 Å². The fourth-order valence-electron chi connectivity index (χ4n) is 0.788. The van der Waals surface area contributed by atoms with Gasteiger partial charge in [0.05, 0.1) is 0 Å². The van der Waals surface area contributed by atoms with Gasteiger partial charge in [-0.3, -0.25) is 0 Å². The van der Waals surface area contributed by atoms with Crippen LogP contribution >= 0.6 is 0 Å². The summed E-state index contributed by atoms with van der Waals surface area (Å²) in [5, 5.41) is 0. The van der Waals surface area contributed by atoms with Crippen LogP contribution < -0.4 is 0 Å². The molecule has 0 fully saturated rings. The summed E-state index contributed by atoms with van der Waals surface area (Å²) < 4.78 is 15.4. The van der Waals surface area contributed by atoms with Gasteiger partial charge in [-0.1, -0.05) is 4.40 Å². The zero-order valence-corrected chi connectivity index (χ0v) is 10.2. The van der Waals surface area contributed by atoms with Crippen molar-refractivity contribution in [3.63, 3.8) is 0 Å². The third-order valence-corrected chi connectivity index (χ3v) is 3.12. The molecular formula is C10H15N3OS. The smallest absolute Gasteiger partial charge is 0.178 e. The van der Waals surface area contributed by atoms with Crippen LogP contribution in [0.5, 0.6) is 0 Å². The van der Waals surface area contributed by atoms with Crippen LogP contribution in [0.25, 0.3) is 0 Å². The highest BCUT2D eigenvalue weighted by Gasteiger charge is 2.27. The average molecular weight is 225 g/mol. The van der Waals surface area contributed by atoms with E-state index in [-0.39, 0.29) is 4.75 Å². The van der Waals surface area contributed by atoms with Crippen LogP contribution in [0.1, 0.15) is 33.5 Å². The van der Waals surface area contributed by atoms with Gasteiger partial charge >= 0.3 is 0 Å². The minimum atomic E-state index is -1.26. The van der Waals surface area contributed by atoms with Crippen molar-refractivity contribution in [1.82, 2.24) is 9.97 Å². The molecule has 1 heterocycles. The lowest BCUT2D eigenvalue weighted by Crippen LogP contribution is -2.27. The second kappa shape index (κ2) is 4.72. The number of nitrogens with zero attached hydrogens (tertiary/aromatic N) is 3. The normalized spacial score (nSPS) is 15.1. The second-order valence-electron chi connectivity index (χ2n) is 4.11. The first-order valence-corrected chi connectivity index (χ1v) is 5.76. The molecule has 0 bridgehead atoms. The molecule has 1 rings (SSSR count). The summed E-state index contributed by atoms with van der Waals surface area (Å²) in [6.45, 7) is 7.40. The van der Waals surface area contributed by atoms with E-state index in [0.29, 0.717) is 11.5 Å². The number of hydrogen-bond acceptors (Lipinski definition) is 4. The molecule has 0 saturated carbocycles. The Bertz CT molecular complexity index is 345. The van der Waals surface area contributed by atoms with Gasteiger partial charge in [0.2, 0.25) is 0 Å². The maximum Gasteiger partial charge on any atom is 0.178 e. The molecule has 1 unspecified atom stereocenters. The van der Waals surface area contributed by atoms with E-state index in [0.717, 1.165) is 0 Å². The van der Waals surface area contributed by atoms with E-state index in [1.807, 2.05) is 20.8 Å². The van der Waals surface area contributed by atoms with Gasteiger partial charge in [-0.15, -0.1) is 0 Å². The van der Waals surface area contributed by atoms with E-state index in [4.69, 9.17) is 0 Å². The summed E-state index contributed by atoms with van der Waals surface area (Å²) in [6.07, 6.45) is 3.28. The molecule has 1 atom stereocenters. The van der Waals surface area contributed by atoms with E-state index in [2.05, 4.69) is 14.4 Å². The van der Waals surface area contributed by atoms with Crippen molar-refractivity contribution in [2.75, 3.05) is 0 Å². The van der Waals surface area contributed by atoms with Gasteiger partial charge in [0.1, 0.15) is 21.8 Å². The van der Waals surface area contributed by atoms with E-state index >= 15 is 0 Å². The molecule has 0 saturated heterocycles. The van der Waals surface area contributed by atoms with Gasteiger partial charge in [-0.05, 0) is 33.8 Å². The van der Waals surface area contributed by atoms with E-state index in [9.17, 15) is 4.55 Å². The first-order chi connectivity index (χ1) is 6.91. The monoisotopic (exact) mass is 225 g/mol. The third-order valence-electron chi connectivity index (χ3n) is 1.63. The minimum Gasteiger partial charge on any atom is -0.591 e. The highest BCUT2D eigenvalue weighted by Crippen LogP contribution is 2.17. The van der Waals surface area contributed by atoms with E-state index < -0.39 is 11.4 Å². The average Bonchev–Trinajstić information content (AvgIpc) is 2.17. The molecular weight excluding hydrogens is 210 g/mol. The molecule has 0 amide bonds. The van der Waals surface area contributed by atoms with Crippen LogP contribution in [-0.2, 0) is 11.4 Å². The Kier molecular flexibility index (Phi) is 3.82. The maximum atomic E-state index is 11.7. The SMILES string of the molecule is CC(=N[S+]([O-])C(C)(C)C)c1ncccn1. The zero-order valence-electron chi connectivity index (χ0n) is 9.39. The van der Waals surface area contributed by atoms with Gasteiger partial charge in [-0.2, -0.15) is 0 Å². The molecule has 4 nitrogen and oxygen atoms in total. The molecule has 0 aliphatic rings. The summed E-state index contributed by atoms with van der Waals surface area (Å²) in [4.78, 5) is 8.07. The van der Waals surface area contributed by atoms with Gasteiger partial charge in [0, 0.05) is 12.4 Å². The van der Waals surface area contributed by atoms with Crippen molar-refractivity contribution < 1.29 is 4.55 Å². The maximum absolute atomic E-state index is 11.7. The van der Waals surface area contributed by atoms with Gasteiger partial charge in [0.25, 0.3) is 0 Å². The van der Waals surface area contributed by atoms with Crippen molar-refractivity contribution in [3.8, 4) is 0 Å². The van der Waals surface area contributed by atoms with Crippen molar-refractivity contribution >= 4 is 17.1 Å². The van der Waals surface area contributed by atoms with Gasteiger partial charge < -0.3 is 4.55 Å². The summed E-state index contributed by atoms with van der Waals surface area (Å²) in [7, 11) is 0. The molecule has 1 aromatic rings. The Morgan fingerprint density at radius 3 is 2.33 bits per heavy atom. The topological polar surface area (TPSA) is 61.2 Å². The van der Waals surface area contributed by atoms with Crippen LogP contribution in [0, 0.1) is 0 Å². The predicted molar refractivity (Wildman–Crippen MR) is 62.1 cm³/mol. The lowest BCUT2D eigenvalue weighted by molar-refractivity contribution is 0.561. The Balaban J connectivity index is 2.86. The Morgan fingerprint density at radius 2 is 1.87 bits per heavy atom. The first-order valence-electron chi connectivity index (χ1n) is 4.66. The standard InChI is InChI=1S/C10H15N3OS/c1-8(9-11-6-5-7-12-9)13-15(14)10(2,3)4/h5-7H,1-4H3. The predicted octanol–water partition coefficient (Wildman–Crippen LogP) is 1.75. The molecule has 1 aromatic heterocycles. The molecule has 82 valence electrons. The van der Waals surface area contributed by atoms with Crippen molar-refractivity contribution in [3.05, 3.63) is 24.3 Å². The third kappa shape index (κ3) is 3.60. The number of aromatic nitrogens is 2. The van der Waals surface area contributed by atoms with E-state index in [1.54, 1.807) is 25.4 Å². The second-order valence-corrected chi connectivity index (χ2v) is 6.02. The lowest BCUT2D eigenvalue weighted by Gasteiger charge is -2.18. The lowest BCUT2D eigenvalue weighted by atomic mass is 10.3. The molecule has 0 aliphatic carbocycles. The molecule has 0 spiro atoms. The number of rotatable bonds is 2. The summed E-state index contributed by atoms with van der Waals surface area (Å²) in [5.41, 5.74) is 0.601. The molecule has 0 radical (unpaired) electrons. The fourth-order valence-corrected chi connectivity index (χ4v) is 1.39. The molecule has 5 heteroatoms. The van der Waals surface area contributed by atoms with Crippen LogP contribution in [-0.4, -0.2) is 25.0 Å². The first kappa shape index (κ1) is 12.1. The van der Waals surface area contributed by atoms with Crippen molar-refractivity contribution in [2.45, 2.75) is 32.4 Å². The molecule has 0 N–H and O–H groups in total. The van der Waals surface area contributed by atoms with Gasteiger partial charge in [0.15, 0.2) is 5.82 Å². The molecule has 0 aromatic carbocycles. The quantitative estimate of drug-likeness (QED) is 0.569. The largest absolute Gasteiger partial charge is 0.591 e. The fraction of sp³-hybridized carbons (Fsp3) is 0.500. The van der Waals surface area contributed by atoms with E-state index in [1.165, 1.54) is 0 Å². The summed E-state index contributed by atoms with van der Waals surface area (Å²) >= 11 is -1.26. The molecule has 15 heavy (non-hydrogen) atoms. The van der Waals surface area contributed by atoms with Crippen LogP contribution in [0.2, 0.25) is 0 Å². The van der Waals surface area contributed by atoms with Crippen LogP contribution in [0.3, 0.4) is 0 Å². The summed E-state index contributed by atoms with van der Waals surface area (Å²) in [5.74, 6) is 0.523. The van der Waals surface area contributed by atoms with Crippen LogP contribution in [0.4, 0.5) is 0 Å². The zero-order chi connectivity index (χ0) is 11.5. The summed E-state index contributed by atoms with van der Waals surface area (Å²) in [6, 6.07) is 1.73. The number of hydrogen-bond donors (Lipinski definition) is 0. The Hall–Kier alpha value is -0.940. The minimum absolute atomic E-state index is 0.351. The van der Waals surface area contributed by atoms with Crippen LogP contribution in [0.15, 0.2) is 22.9 Å². The Morgan fingerprint density at radius 1 is 1.33 bits per heavy atom. The van der Waals surface area contributed by atoms with Gasteiger partial charge in [-0.25, -0.2) is 9.97 Å². The van der Waals surface area contributed by atoms with Crippen molar-refractivity contribution in [1.29, 1.82) is 0 Å². The molecule has 0 aliphatic heterocycles.